The van der Waals surface area contributed by atoms with Crippen molar-refractivity contribution in [2.24, 2.45) is 0 Å². The molecular formula is C21H17FN2O3S. The summed E-state index contributed by atoms with van der Waals surface area (Å²) in [5.74, 6) is -0.530. The number of carbonyl (C=O) groups is 2. The van der Waals surface area contributed by atoms with Crippen LogP contribution < -0.4 is 10.2 Å². The van der Waals surface area contributed by atoms with Gasteiger partial charge in [-0.25, -0.2) is 9.18 Å². The van der Waals surface area contributed by atoms with Crippen LogP contribution in [0, 0.1) is 12.7 Å². The highest BCUT2D eigenvalue weighted by molar-refractivity contribution is 7.17. The Bertz CT molecular complexity index is 1050. The van der Waals surface area contributed by atoms with E-state index in [0.29, 0.717) is 29.4 Å². The molecule has 7 heteroatoms. The molecule has 2 heterocycles. The molecule has 0 saturated carbocycles. The van der Waals surface area contributed by atoms with Gasteiger partial charge in [-0.15, -0.1) is 11.3 Å². The molecule has 1 saturated heterocycles. The van der Waals surface area contributed by atoms with Gasteiger partial charge in [-0.1, -0.05) is 18.2 Å². The van der Waals surface area contributed by atoms with Gasteiger partial charge in [0, 0.05) is 16.3 Å². The first-order chi connectivity index (χ1) is 13.5. The molecule has 3 aromatic rings. The lowest BCUT2D eigenvalue weighted by Gasteiger charge is -2.15. The molecule has 0 bridgehead atoms. The van der Waals surface area contributed by atoms with Crippen molar-refractivity contribution in [3.63, 3.8) is 0 Å². The molecule has 1 fully saturated rings. The van der Waals surface area contributed by atoms with Gasteiger partial charge in [0.05, 0.1) is 11.4 Å². The summed E-state index contributed by atoms with van der Waals surface area (Å²) >= 11 is 1.34. The van der Waals surface area contributed by atoms with Crippen molar-refractivity contribution < 1.29 is 18.7 Å². The molecule has 0 aliphatic carbocycles. The van der Waals surface area contributed by atoms with Crippen molar-refractivity contribution in [3.8, 4) is 10.4 Å². The number of nitrogens with one attached hydrogen (secondary N) is 1. The summed E-state index contributed by atoms with van der Waals surface area (Å²) in [7, 11) is 0. The third-order valence-electron chi connectivity index (χ3n) is 4.50. The zero-order valence-corrected chi connectivity index (χ0v) is 15.9. The maximum atomic E-state index is 13.1. The van der Waals surface area contributed by atoms with Gasteiger partial charge in [-0.05, 0) is 54.4 Å². The van der Waals surface area contributed by atoms with Crippen molar-refractivity contribution in [1.29, 1.82) is 0 Å². The summed E-state index contributed by atoms with van der Waals surface area (Å²) in [4.78, 5) is 27.4. The number of ether oxygens (including phenoxy) is 1. The molecule has 0 atom stereocenters. The lowest BCUT2D eigenvalue weighted by atomic mass is 10.1. The second-order valence-corrected chi connectivity index (χ2v) is 7.47. The van der Waals surface area contributed by atoms with Crippen LogP contribution in [-0.4, -0.2) is 25.2 Å². The van der Waals surface area contributed by atoms with E-state index in [9.17, 15) is 14.0 Å². The van der Waals surface area contributed by atoms with E-state index in [4.69, 9.17) is 4.74 Å². The highest BCUT2D eigenvalue weighted by Crippen LogP contribution is 2.30. The molecule has 28 heavy (non-hydrogen) atoms. The summed E-state index contributed by atoms with van der Waals surface area (Å²) in [6, 6.07) is 15.2. The fraction of sp³-hybridized carbons (Fsp3) is 0.143. The molecule has 4 rings (SSSR count). The first kappa shape index (κ1) is 18.2. The molecule has 1 aliphatic rings. The fourth-order valence-electron chi connectivity index (χ4n) is 2.95. The van der Waals surface area contributed by atoms with Crippen LogP contribution in [-0.2, 0) is 4.74 Å². The van der Waals surface area contributed by atoms with E-state index in [1.165, 1.54) is 28.4 Å². The van der Waals surface area contributed by atoms with Gasteiger partial charge in [-0.2, -0.15) is 0 Å². The van der Waals surface area contributed by atoms with Gasteiger partial charge < -0.3 is 10.1 Å². The number of rotatable bonds is 4. The van der Waals surface area contributed by atoms with E-state index in [0.717, 1.165) is 16.0 Å². The maximum absolute atomic E-state index is 13.1. The minimum absolute atomic E-state index is 0.234. The van der Waals surface area contributed by atoms with Gasteiger partial charge in [0.2, 0.25) is 0 Å². The zero-order valence-electron chi connectivity index (χ0n) is 15.1. The topological polar surface area (TPSA) is 58.6 Å². The van der Waals surface area contributed by atoms with Crippen molar-refractivity contribution >= 4 is 34.7 Å². The molecule has 2 amide bonds. The number of cyclic esters (lactones) is 1. The lowest BCUT2D eigenvalue weighted by molar-refractivity contribution is 0.103. The third-order valence-corrected chi connectivity index (χ3v) is 5.63. The number of hydrogen-bond donors (Lipinski definition) is 1. The highest BCUT2D eigenvalue weighted by atomic mass is 32.1. The Labute approximate surface area is 165 Å². The number of carbonyl (C=O) groups excluding carboxylic acids is 2. The molecule has 0 unspecified atom stereocenters. The van der Waals surface area contributed by atoms with Gasteiger partial charge in [0.1, 0.15) is 12.4 Å². The predicted octanol–water partition coefficient (Wildman–Crippen LogP) is 5.07. The van der Waals surface area contributed by atoms with Gasteiger partial charge >= 0.3 is 6.09 Å². The molecule has 142 valence electrons. The van der Waals surface area contributed by atoms with Crippen LogP contribution in [0.15, 0.2) is 54.6 Å². The second-order valence-electron chi connectivity index (χ2n) is 6.39. The summed E-state index contributed by atoms with van der Waals surface area (Å²) in [6.45, 7) is 2.73. The molecule has 1 N–H and O–H groups in total. The molecular weight excluding hydrogens is 379 g/mol. The van der Waals surface area contributed by atoms with Gasteiger partial charge in [-0.3, -0.25) is 9.69 Å². The first-order valence-electron chi connectivity index (χ1n) is 8.73. The van der Waals surface area contributed by atoms with E-state index < -0.39 is 0 Å². The Balaban J connectivity index is 1.54. The number of hydrogen-bond acceptors (Lipinski definition) is 4. The van der Waals surface area contributed by atoms with Crippen LogP contribution in [0.2, 0.25) is 0 Å². The minimum Gasteiger partial charge on any atom is -0.447 e. The SMILES string of the molecule is Cc1ccc(N2CCOC2=O)cc1NC(=O)c1ccc(-c2ccc(F)cc2)s1. The fourth-order valence-corrected chi connectivity index (χ4v) is 3.86. The normalized spacial score (nSPS) is 13.5. The largest absolute Gasteiger partial charge is 0.447 e. The highest BCUT2D eigenvalue weighted by Gasteiger charge is 2.24. The number of aryl methyl sites for hydroxylation is 1. The van der Waals surface area contributed by atoms with Crippen LogP contribution in [0.3, 0.4) is 0 Å². The number of amides is 2. The molecule has 0 radical (unpaired) electrons. The number of halogens is 1. The number of nitrogens with zero attached hydrogens (tertiary/aromatic N) is 1. The van der Waals surface area contributed by atoms with Crippen molar-refractivity contribution in [2.45, 2.75) is 6.92 Å². The van der Waals surface area contributed by atoms with Crippen LogP contribution in [0.25, 0.3) is 10.4 Å². The van der Waals surface area contributed by atoms with Crippen LogP contribution in [0.4, 0.5) is 20.6 Å². The summed E-state index contributed by atoms with van der Waals surface area (Å²) in [5, 5.41) is 2.91. The Morgan fingerprint density at radius 1 is 1.14 bits per heavy atom. The average Bonchev–Trinajstić information content (AvgIpc) is 3.33. The Kier molecular flexibility index (Phi) is 4.83. The van der Waals surface area contributed by atoms with Gasteiger partial charge in [0.15, 0.2) is 0 Å². The van der Waals surface area contributed by atoms with Crippen molar-refractivity contribution in [3.05, 3.63) is 70.9 Å². The van der Waals surface area contributed by atoms with E-state index in [1.54, 1.807) is 24.3 Å². The Hall–Kier alpha value is -3.19. The smallest absolute Gasteiger partial charge is 0.414 e. The molecule has 0 spiro atoms. The van der Waals surface area contributed by atoms with E-state index >= 15 is 0 Å². The zero-order chi connectivity index (χ0) is 19.7. The van der Waals surface area contributed by atoms with Crippen molar-refractivity contribution in [1.82, 2.24) is 0 Å². The Morgan fingerprint density at radius 3 is 2.64 bits per heavy atom. The van der Waals surface area contributed by atoms with Crippen LogP contribution in [0.5, 0.6) is 0 Å². The number of benzene rings is 2. The minimum atomic E-state index is -0.386. The van der Waals surface area contributed by atoms with Crippen molar-refractivity contribution in [2.75, 3.05) is 23.4 Å². The summed E-state index contributed by atoms with van der Waals surface area (Å²) in [6.07, 6.45) is -0.386. The predicted molar refractivity (Wildman–Crippen MR) is 108 cm³/mol. The van der Waals surface area contributed by atoms with E-state index in [2.05, 4.69) is 5.32 Å². The number of thiophene rings is 1. The molecule has 2 aromatic carbocycles. The first-order valence-corrected chi connectivity index (χ1v) is 9.55. The average molecular weight is 396 g/mol. The van der Waals surface area contributed by atoms with E-state index in [-0.39, 0.29) is 17.8 Å². The second kappa shape index (κ2) is 7.44. The Morgan fingerprint density at radius 2 is 1.93 bits per heavy atom. The van der Waals surface area contributed by atoms with E-state index in [1.807, 2.05) is 25.1 Å². The standard InChI is InChI=1S/C21H17FN2O3S/c1-13-2-7-16(24-10-11-27-21(24)26)12-17(13)23-20(25)19-9-8-18(28-19)14-3-5-15(22)6-4-14/h2-9,12H,10-11H2,1H3,(H,23,25). The molecule has 1 aromatic heterocycles. The van der Waals surface area contributed by atoms with Gasteiger partial charge in [0.25, 0.3) is 5.91 Å². The quantitative estimate of drug-likeness (QED) is 0.670. The maximum Gasteiger partial charge on any atom is 0.414 e. The van der Waals surface area contributed by atoms with Crippen LogP contribution in [0.1, 0.15) is 15.2 Å². The molecule has 1 aliphatic heterocycles. The summed E-state index contributed by atoms with van der Waals surface area (Å²) < 4.78 is 18.1. The lowest BCUT2D eigenvalue weighted by Crippen LogP contribution is -2.23. The number of anilines is 2. The monoisotopic (exact) mass is 396 g/mol. The summed E-state index contributed by atoms with van der Waals surface area (Å²) in [5.41, 5.74) is 3.07. The molecule has 5 nitrogen and oxygen atoms in total. The van der Waals surface area contributed by atoms with Crippen LogP contribution >= 0.6 is 11.3 Å². The third kappa shape index (κ3) is 3.61.